The van der Waals surface area contributed by atoms with Crippen molar-refractivity contribution in [2.45, 2.75) is 51.1 Å². The van der Waals surface area contributed by atoms with E-state index in [1.54, 1.807) is 11.3 Å². The van der Waals surface area contributed by atoms with Gasteiger partial charge in [-0.1, -0.05) is 6.92 Å². The lowest BCUT2D eigenvalue weighted by atomic mass is 10.1. The first-order chi connectivity index (χ1) is 10.8. The maximum atomic E-state index is 5.57. The predicted molar refractivity (Wildman–Crippen MR) is 85.8 cm³/mol. The largest absolute Gasteiger partial charge is 0.345 e. The molecule has 1 aromatic heterocycles. The molecule has 4 heterocycles. The Morgan fingerprint density at radius 3 is 2.86 bits per heavy atom. The third kappa shape index (κ3) is 2.95. The Hall–Kier alpha value is -0.530. The second-order valence-electron chi connectivity index (χ2n) is 6.47. The minimum absolute atomic E-state index is 0.178. The highest BCUT2D eigenvalue weighted by Gasteiger charge is 2.37. The first-order valence-corrected chi connectivity index (χ1v) is 9.31. The molecule has 3 aliphatic rings. The monoisotopic (exact) mass is 323 g/mol. The number of aromatic nitrogens is 1. The van der Waals surface area contributed by atoms with Crippen molar-refractivity contribution >= 4 is 11.3 Å². The average Bonchev–Trinajstić information content (AvgIpc) is 3.21. The highest BCUT2D eigenvalue weighted by Crippen LogP contribution is 2.34. The van der Waals surface area contributed by atoms with Crippen molar-refractivity contribution in [2.24, 2.45) is 0 Å². The fourth-order valence-electron chi connectivity index (χ4n) is 3.97. The molecule has 2 atom stereocenters. The summed E-state index contributed by atoms with van der Waals surface area (Å²) in [5.41, 5.74) is 0. The summed E-state index contributed by atoms with van der Waals surface area (Å²) in [4.78, 5) is 11.0. The first-order valence-electron chi connectivity index (χ1n) is 8.49. The van der Waals surface area contributed by atoms with Gasteiger partial charge in [0.1, 0.15) is 5.01 Å². The van der Waals surface area contributed by atoms with Crippen LogP contribution in [-0.4, -0.2) is 59.7 Å². The summed E-state index contributed by atoms with van der Waals surface area (Å²) in [5, 5.41) is 1.20. The third-order valence-corrected chi connectivity index (χ3v) is 6.21. The fraction of sp³-hybridized carbons (Fsp3) is 0.812. The second kappa shape index (κ2) is 6.53. The molecule has 122 valence electrons. The van der Waals surface area contributed by atoms with Crippen molar-refractivity contribution in [1.82, 2.24) is 14.8 Å². The minimum atomic E-state index is -0.178. The number of rotatable bonds is 4. The molecule has 4 rings (SSSR count). The van der Waals surface area contributed by atoms with Crippen molar-refractivity contribution in [2.75, 3.05) is 32.8 Å². The van der Waals surface area contributed by atoms with Crippen LogP contribution in [0.5, 0.6) is 0 Å². The number of likely N-dealkylation sites (tertiary alicyclic amines) is 1. The molecule has 0 spiro atoms. The number of ether oxygens (including phenoxy) is 2. The van der Waals surface area contributed by atoms with Gasteiger partial charge in [0.25, 0.3) is 0 Å². The van der Waals surface area contributed by atoms with Crippen molar-refractivity contribution in [3.63, 3.8) is 0 Å². The molecule has 0 unspecified atom stereocenters. The highest BCUT2D eigenvalue weighted by molar-refractivity contribution is 7.11. The van der Waals surface area contributed by atoms with E-state index in [0.717, 1.165) is 17.5 Å². The van der Waals surface area contributed by atoms with Crippen LogP contribution in [0.2, 0.25) is 0 Å². The topological polar surface area (TPSA) is 37.8 Å². The van der Waals surface area contributed by atoms with Gasteiger partial charge >= 0.3 is 0 Å². The van der Waals surface area contributed by atoms with Crippen LogP contribution in [0.25, 0.3) is 0 Å². The van der Waals surface area contributed by atoms with Crippen molar-refractivity contribution in [3.05, 3.63) is 16.1 Å². The zero-order valence-corrected chi connectivity index (χ0v) is 14.1. The van der Waals surface area contributed by atoms with E-state index in [2.05, 4.69) is 21.7 Å². The number of likely N-dealkylation sites (N-methyl/N-ethyl adjacent to an activating group) is 1. The van der Waals surface area contributed by atoms with Gasteiger partial charge in [-0.15, -0.1) is 11.3 Å². The van der Waals surface area contributed by atoms with Crippen LogP contribution in [0, 0.1) is 0 Å². The molecule has 1 aromatic rings. The summed E-state index contributed by atoms with van der Waals surface area (Å²) >= 11 is 1.75. The van der Waals surface area contributed by atoms with E-state index in [1.807, 2.05) is 6.20 Å². The van der Waals surface area contributed by atoms with Crippen LogP contribution in [0.4, 0.5) is 0 Å². The predicted octanol–water partition coefficient (Wildman–Crippen LogP) is 2.25. The molecule has 3 fully saturated rings. The molecule has 0 aromatic carbocycles. The summed E-state index contributed by atoms with van der Waals surface area (Å²) in [6, 6.07) is 1.45. The molecule has 0 N–H and O–H groups in total. The second-order valence-corrected chi connectivity index (χ2v) is 7.62. The molecule has 3 saturated heterocycles. The highest BCUT2D eigenvalue weighted by atomic mass is 32.1. The van der Waals surface area contributed by atoms with Gasteiger partial charge in [-0.05, 0) is 32.4 Å². The van der Waals surface area contributed by atoms with Crippen molar-refractivity contribution < 1.29 is 9.47 Å². The van der Waals surface area contributed by atoms with E-state index in [-0.39, 0.29) is 6.29 Å². The molecule has 6 heteroatoms. The van der Waals surface area contributed by atoms with Gasteiger partial charge in [-0.2, -0.15) is 0 Å². The third-order valence-electron chi connectivity index (χ3n) is 5.21. The Balaban J connectivity index is 1.44. The quantitative estimate of drug-likeness (QED) is 0.849. The van der Waals surface area contributed by atoms with E-state index in [1.165, 1.54) is 43.9 Å². The Labute approximate surface area is 136 Å². The van der Waals surface area contributed by atoms with Gasteiger partial charge in [0.2, 0.25) is 0 Å². The average molecular weight is 323 g/mol. The fourth-order valence-corrected chi connectivity index (χ4v) is 4.90. The zero-order valence-electron chi connectivity index (χ0n) is 13.2. The lowest BCUT2D eigenvalue weighted by molar-refractivity contribution is -0.0414. The number of hydrogen-bond donors (Lipinski definition) is 0. The molecule has 0 radical (unpaired) electrons. The Morgan fingerprint density at radius 2 is 2.05 bits per heavy atom. The zero-order chi connectivity index (χ0) is 14.9. The van der Waals surface area contributed by atoms with E-state index in [9.17, 15) is 0 Å². The van der Waals surface area contributed by atoms with E-state index in [4.69, 9.17) is 9.47 Å². The Bertz CT molecular complexity index is 503. The van der Waals surface area contributed by atoms with Crippen molar-refractivity contribution in [3.8, 4) is 0 Å². The standard InChI is InChI=1S/C16H25N3O2S/c1-2-18-6-5-12-3-4-13(10-18)19(12)11-15-17-9-14(22-15)16-20-7-8-21-16/h9,12-13,16H,2-8,10-11H2,1H3/t12-,13+/m1/s1. The first kappa shape index (κ1) is 15.0. The van der Waals surface area contributed by atoms with E-state index < -0.39 is 0 Å². The Morgan fingerprint density at radius 1 is 1.23 bits per heavy atom. The maximum absolute atomic E-state index is 5.57. The van der Waals surface area contributed by atoms with Gasteiger partial charge in [-0.25, -0.2) is 4.98 Å². The number of nitrogens with zero attached hydrogens (tertiary/aromatic N) is 3. The number of fused-ring (bicyclic) bond motifs is 2. The normalized spacial score (nSPS) is 31.0. The molecule has 3 aliphatic heterocycles. The summed E-state index contributed by atoms with van der Waals surface area (Å²) in [5.74, 6) is 0. The molecular formula is C16H25N3O2S. The summed E-state index contributed by atoms with van der Waals surface area (Å²) in [7, 11) is 0. The smallest absolute Gasteiger partial charge is 0.194 e. The van der Waals surface area contributed by atoms with Gasteiger partial charge in [-0.3, -0.25) is 4.90 Å². The lowest BCUT2D eigenvalue weighted by Crippen LogP contribution is -2.38. The molecule has 0 aliphatic carbocycles. The van der Waals surface area contributed by atoms with Crippen molar-refractivity contribution in [1.29, 1.82) is 0 Å². The van der Waals surface area contributed by atoms with Crippen LogP contribution in [-0.2, 0) is 16.0 Å². The van der Waals surface area contributed by atoms with Crippen LogP contribution >= 0.6 is 11.3 Å². The summed E-state index contributed by atoms with van der Waals surface area (Å²) in [6.45, 7) is 8.31. The molecule has 5 nitrogen and oxygen atoms in total. The minimum Gasteiger partial charge on any atom is -0.345 e. The number of thiazole rings is 1. The molecule has 0 amide bonds. The van der Waals surface area contributed by atoms with E-state index in [0.29, 0.717) is 19.3 Å². The van der Waals surface area contributed by atoms with Crippen LogP contribution in [0.3, 0.4) is 0 Å². The van der Waals surface area contributed by atoms with Crippen LogP contribution < -0.4 is 0 Å². The lowest BCUT2D eigenvalue weighted by Gasteiger charge is -2.27. The molecular weight excluding hydrogens is 298 g/mol. The summed E-state index contributed by atoms with van der Waals surface area (Å²) in [6.07, 6.45) is 5.76. The number of hydrogen-bond acceptors (Lipinski definition) is 6. The Kier molecular flexibility index (Phi) is 4.46. The van der Waals surface area contributed by atoms with Crippen LogP contribution in [0.1, 0.15) is 42.4 Å². The van der Waals surface area contributed by atoms with Gasteiger partial charge in [0.05, 0.1) is 24.6 Å². The molecule has 0 saturated carbocycles. The molecule has 2 bridgehead atoms. The van der Waals surface area contributed by atoms with Crippen LogP contribution in [0.15, 0.2) is 6.20 Å². The molecule has 22 heavy (non-hydrogen) atoms. The van der Waals surface area contributed by atoms with Gasteiger partial charge < -0.3 is 14.4 Å². The van der Waals surface area contributed by atoms with Gasteiger partial charge in [0, 0.05) is 24.8 Å². The SMILES string of the molecule is CCN1CC[C@H]2CC[C@@H](C1)N2Cc1ncc(C2OCCO2)s1. The maximum Gasteiger partial charge on any atom is 0.194 e. The van der Waals surface area contributed by atoms with E-state index >= 15 is 0 Å². The summed E-state index contributed by atoms with van der Waals surface area (Å²) < 4.78 is 11.1. The van der Waals surface area contributed by atoms with Gasteiger partial charge in [0.15, 0.2) is 6.29 Å².